The van der Waals surface area contributed by atoms with E-state index in [-0.39, 0.29) is 11.9 Å². The van der Waals surface area contributed by atoms with Crippen LogP contribution in [0.5, 0.6) is 0 Å². The number of halogens is 1. The van der Waals surface area contributed by atoms with E-state index in [1.54, 1.807) is 6.20 Å². The first-order chi connectivity index (χ1) is 10.1. The molecular weight excluding hydrogens is 269 g/mol. The van der Waals surface area contributed by atoms with Crippen molar-refractivity contribution < 1.29 is 9.13 Å². The van der Waals surface area contributed by atoms with E-state index in [4.69, 9.17) is 4.74 Å². The number of ether oxygens (including phenoxy) is 1. The molecule has 5 heteroatoms. The molecule has 1 atom stereocenters. The van der Waals surface area contributed by atoms with Gasteiger partial charge in [0.05, 0.1) is 29.5 Å². The summed E-state index contributed by atoms with van der Waals surface area (Å²) in [6, 6.07) is 5.10. The highest BCUT2D eigenvalue weighted by atomic mass is 19.1. The van der Waals surface area contributed by atoms with Crippen LogP contribution in [0.4, 0.5) is 10.1 Å². The van der Waals surface area contributed by atoms with E-state index in [2.05, 4.69) is 16.0 Å². The molecule has 2 aromatic rings. The Morgan fingerprint density at radius 2 is 2.29 bits per heavy atom. The van der Waals surface area contributed by atoms with Gasteiger partial charge in [-0.15, -0.1) is 0 Å². The van der Waals surface area contributed by atoms with Crippen LogP contribution < -0.4 is 4.90 Å². The molecule has 4 nitrogen and oxygen atoms in total. The fourth-order valence-electron chi connectivity index (χ4n) is 2.87. The van der Waals surface area contributed by atoms with Gasteiger partial charge in [0.1, 0.15) is 11.9 Å². The van der Waals surface area contributed by atoms with Gasteiger partial charge in [-0.1, -0.05) is 0 Å². The Labute approximate surface area is 122 Å². The second-order valence-corrected chi connectivity index (χ2v) is 5.38. The SMILES string of the molecule is Cc1cc(F)cc2c(N3CCOC(C)C3)c(C#N)cnc12. The average molecular weight is 285 g/mol. The third-order valence-electron chi connectivity index (χ3n) is 3.78. The van der Waals surface area contributed by atoms with Crippen molar-refractivity contribution in [1.82, 2.24) is 4.98 Å². The predicted octanol–water partition coefficient (Wildman–Crippen LogP) is 2.78. The minimum absolute atomic E-state index is 0.0863. The van der Waals surface area contributed by atoms with Crippen molar-refractivity contribution in [2.45, 2.75) is 20.0 Å². The summed E-state index contributed by atoms with van der Waals surface area (Å²) in [6.45, 7) is 5.80. The zero-order valence-electron chi connectivity index (χ0n) is 12.1. The predicted molar refractivity (Wildman–Crippen MR) is 78.8 cm³/mol. The van der Waals surface area contributed by atoms with Crippen molar-refractivity contribution in [1.29, 1.82) is 5.26 Å². The molecule has 0 amide bonds. The molecule has 1 fully saturated rings. The maximum atomic E-state index is 13.8. The molecule has 1 aromatic carbocycles. The van der Waals surface area contributed by atoms with Gasteiger partial charge in [-0.2, -0.15) is 5.26 Å². The fourth-order valence-corrected chi connectivity index (χ4v) is 2.87. The molecule has 0 N–H and O–H groups in total. The standard InChI is InChI=1S/C16H16FN3O/c1-10-5-13(17)6-14-15(10)19-8-12(7-18)16(14)20-3-4-21-11(2)9-20/h5-6,8,11H,3-4,9H2,1-2H3. The fraction of sp³-hybridized carbons (Fsp3) is 0.375. The van der Waals surface area contributed by atoms with Gasteiger partial charge in [0.15, 0.2) is 0 Å². The lowest BCUT2D eigenvalue weighted by Gasteiger charge is -2.34. The Bertz CT molecular complexity index is 738. The lowest BCUT2D eigenvalue weighted by Crippen LogP contribution is -2.41. The first kappa shape index (κ1) is 13.8. The lowest BCUT2D eigenvalue weighted by molar-refractivity contribution is 0.0533. The summed E-state index contributed by atoms with van der Waals surface area (Å²) >= 11 is 0. The summed E-state index contributed by atoms with van der Waals surface area (Å²) in [5.41, 5.74) is 2.75. The number of nitriles is 1. The number of anilines is 1. The molecule has 1 saturated heterocycles. The quantitative estimate of drug-likeness (QED) is 0.808. The number of fused-ring (bicyclic) bond motifs is 1. The van der Waals surface area contributed by atoms with E-state index < -0.39 is 0 Å². The third kappa shape index (κ3) is 2.43. The number of aryl methyl sites for hydroxylation is 1. The number of rotatable bonds is 1. The highest BCUT2D eigenvalue weighted by molar-refractivity contribution is 5.96. The van der Waals surface area contributed by atoms with Crippen molar-refractivity contribution in [3.63, 3.8) is 0 Å². The molecular formula is C16H16FN3O. The van der Waals surface area contributed by atoms with Crippen LogP contribution in [0, 0.1) is 24.1 Å². The van der Waals surface area contributed by atoms with Crippen LogP contribution in [0.15, 0.2) is 18.3 Å². The summed E-state index contributed by atoms with van der Waals surface area (Å²) in [6.07, 6.45) is 1.66. The molecule has 0 radical (unpaired) electrons. The van der Waals surface area contributed by atoms with Gasteiger partial charge in [0.25, 0.3) is 0 Å². The highest BCUT2D eigenvalue weighted by Gasteiger charge is 2.22. The first-order valence-corrected chi connectivity index (χ1v) is 6.95. The normalized spacial score (nSPS) is 18.8. The molecule has 0 saturated carbocycles. The van der Waals surface area contributed by atoms with Crippen LogP contribution in [0.1, 0.15) is 18.1 Å². The van der Waals surface area contributed by atoms with Gasteiger partial charge in [-0.25, -0.2) is 4.39 Å². The number of morpholine rings is 1. The smallest absolute Gasteiger partial charge is 0.124 e. The number of pyridine rings is 1. The zero-order chi connectivity index (χ0) is 15.0. The minimum Gasteiger partial charge on any atom is -0.375 e. The van der Waals surface area contributed by atoms with E-state index in [1.165, 1.54) is 12.1 Å². The van der Waals surface area contributed by atoms with Crippen LogP contribution in [0.2, 0.25) is 0 Å². The number of benzene rings is 1. The minimum atomic E-state index is -0.306. The lowest BCUT2D eigenvalue weighted by atomic mass is 10.0. The Hall–Kier alpha value is -2.19. The third-order valence-corrected chi connectivity index (χ3v) is 3.78. The van der Waals surface area contributed by atoms with Crippen LogP contribution in [0.25, 0.3) is 10.9 Å². The monoisotopic (exact) mass is 285 g/mol. The van der Waals surface area contributed by atoms with Crippen molar-refractivity contribution in [3.8, 4) is 6.07 Å². The summed E-state index contributed by atoms with van der Waals surface area (Å²) in [5, 5.41) is 10.1. The van der Waals surface area contributed by atoms with E-state index in [0.29, 0.717) is 30.6 Å². The van der Waals surface area contributed by atoms with Gasteiger partial charge in [0.2, 0.25) is 0 Å². The van der Waals surface area contributed by atoms with Crippen molar-refractivity contribution in [2.75, 3.05) is 24.6 Å². The number of aromatic nitrogens is 1. The molecule has 108 valence electrons. The van der Waals surface area contributed by atoms with Crippen molar-refractivity contribution in [2.24, 2.45) is 0 Å². The van der Waals surface area contributed by atoms with Crippen LogP contribution in [0.3, 0.4) is 0 Å². The van der Waals surface area contributed by atoms with Crippen LogP contribution in [-0.4, -0.2) is 30.8 Å². The maximum Gasteiger partial charge on any atom is 0.124 e. The summed E-state index contributed by atoms with van der Waals surface area (Å²) < 4.78 is 19.4. The Kier molecular flexibility index (Phi) is 3.48. The van der Waals surface area contributed by atoms with Crippen molar-refractivity contribution >= 4 is 16.6 Å². The van der Waals surface area contributed by atoms with E-state index >= 15 is 0 Å². The number of nitrogens with zero attached hydrogens (tertiary/aromatic N) is 3. The summed E-state index contributed by atoms with van der Waals surface area (Å²) in [5.74, 6) is -0.306. The van der Waals surface area contributed by atoms with Gasteiger partial charge in [-0.05, 0) is 31.5 Å². The summed E-state index contributed by atoms with van der Waals surface area (Å²) in [4.78, 5) is 6.41. The van der Waals surface area contributed by atoms with Gasteiger partial charge >= 0.3 is 0 Å². The average Bonchev–Trinajstić information content (AvgIpc) is 2.45. The second kappa shape index (κ2) is 5.30. The molecule has 21 heavy (non-hydrogen) atoms. The Morgan fingerprint density at radius 1 is 1.48 bits per heavy atom. The number of hydrogen-bond donors (Lipinski definition) is 0. The van der Waals surface area contributed by atoms with Gasteiger partial charge in [-0.3, -0.25) is 4.98 Å². The van der Waals surface area contributed by atoms with E-state index in [9.17, 15) is 9.65 Å². The van der Waals surface area contributed by atoms with E-state index in [0.717, 1.165) is 16.8 Å². The van der Waals surface area contributed by atoms with Crippen LogP contribution >= 0.6 is 0 Å². The molecule has 1 aliphatic rings. The molecule has 0 spiro atoms. The molecule has 3 rings (SSSR count). The molecule has 2 heterocycles. The van der Waals surface area contributed by atoms with Gasteiger partial charge < -0.3 is 9.64 Å². The maximum absolute atomic E-state index is 13.8. The topological polar surface area (TPSA) is 49.1 Å². The van der Waals surface area contributed by atoms with Crippen LogP contribution in [-0.2, 0) is 4.74 Å². The molecule has 0 bridgehead atoms. The largest absolute Gasteiger partial charge is 0.375 e. The van der Waals surface area contributed by atoms with Gasteiger partial charge in [0, 0.05) is 24.7 Å². The van der Waals surface area contributed by atoms with E-state index in [1.807, 2.05) is 13.8 Å². The first-order valence-electron chi connectivity index (χ1n) is 6.95. The highest BCUT2D eigenvalue weighted by Crippen LogP contribution is 2.32. The summed E-state index contributed by atoms with van der Waals surface area (Å²) in [7, 11) is 0. The number of hydrogen-bond acceptors (Lipinski definition) is 4. The molecule has 1 aromatic heterocycles. The second-order valence-electron chi connectivity index (χ2n) is 5.38. The Morgan fingerprint density at radius 3 is 3.00 bits per heavy atom. The zero-order valence-corrected chi connectivity index (χ0v) is 12.1. The molecule has 0 aliphatic carbocycles. The molecule has 1 unspecified atom stereocenters. The molecule has 1 aliphatic heterocycles. The van der Waals surface area contributed by atoms with Crippen molar-refractivity contribution in [3.05, 3.63) is 35.3 Å². The Balaban J connectivity index is 2.25.